The summed E-state index contributed by atoms with van der Waals surface area (Å²) in [5.74, 6) is 0.851. The summed E-state index contributed by atoms with van der Waals surface area (Å²) in [6.45, 7) is 4.23. The van der Waals surface area contributed by atoms with E-state index in [9.17, 15) is 8.42 Å². The predicted molar refractivity (Wildman–Crippen MR) is 105 cm³/mol. The molecule has 1 aliphatic rings. The van der Waals surface area contributed by atoms with Crippen molar-refractivity contribution in [3.05, 3.63) is 59.7 Å². The van der Waals surface area contributed by atoms with Gasteiger partial charge in [-0.15, -0.1) is 0 Å². The van der Waals surface area contributed by atoms with Crippen LogP contribution in [0, 0.1) is 0 Å². The van der Waals surface area contributed by atoms with Gasteiger partial charge in [0.15, 0.2) is 5.96 Å². The lowest BCUT2D eigenvalue weighted by atomic mass is 10.2. The van der Waals surface area contributed by atoms with E-state index in [1.165, 1.54) is 18.3 Å². The zero-order chi connectivity index (χ0) is 18.6. The molecule has 1 heterocycles. The molecule has 0 atom stereocenters. The minimum Gasteiger partial charge on any atom is -0.356 e. The summed E-state index contributed by atoms with van der Waals surface area (Å²) in [5.41, 5.74) is 3.49. The fourth-order valence-electron chi connectivity index (χ4n) is 3.01. The lowest BCUT2D eigenvalue weighted by molar-refractivity contribution is 0.588. The number of aliphatic imine (C=N–C) groups is 1. The highest BCUT2D eigenvalue weighted by molar-refractivity contribution is 7.89. The van der Waals surface area contributed by atoms with Crippen molar-refractivity contribution in [2.24, 2.45) is 4.99 Å². The van der Waals surface area contributed by atoms with E-state index in [-0.39, 0.29) is 4.90 Å². The molecule has 7 heteroatoms. The Bertz CT molecular complexity index is 892. The number of nitrogens with one attached hydrogen (secondary N) is 2. The molecule has 2 aromatic carbocycles. The molecular formula is C19H24N4O2S. The summed E-state index contributed by atoms with van der Waals surface area (Å²) in [5, 5.41) is 3.35. The van der Waals surface area contributed by atoms with Gasteiger partial charge in [0.2, 0.25) is 10.0 Å². The van der Waals surface area contributed by atoms with Crippen LogP contribution in [0.1, 0.15) is 18.1 Å². The van der Waals surface area contributed by atoms with E-state index < -0.39 is 10.0 Å². The normalized spacial score (nSPS) is 14.4. The Morgan fingerprint density at radius 3 is 2.58 bits per heavy atom. The van der Waals surface area contributed by atoms with Gasteiger partial charge in [-0.1, -0.05) is 30.3 Å². The number of para-hydroxylation sites is 1. The molecule has 0 fully saturated rings. The average Bonchev–Trinajstić information content (AvgIpc) is 3.09. The number of rotatable bonds is 5. The monoisotopic (exact) mass is 372 g/mol. The molecular weight excluding hydrogens is 348 g/mol. The van der Waals surface area contributed by atoms with Gasteiger partial charge in [0.25, 0.3) is 0 Å². The number of fused-ring (bicyclic) bond motifs is 1. The predicted octanol–water partition coefficient (Wildman–Crippen LogP) is 2.12. The number of hydrogen-bond acceptors (Lipinski definition) is 3. The first-order valence-electron chi connectivity index (χ1n) is 8.71. The van der Waals surface area contributed by atoms with E-state index in [2.05, 4.69) is 40.1 Å². The smallest absolute Gasteiger partial charge is 0.240 e. The van der Waals surface area contributed by atoms with Gasteiger partial charge in [-0.25, -0.2) is 18.1 Å². The molecule has 6 nitrogen and oxygen atoms in total. The van der Waals surface area contributed by atoms with Gasteiger partial charge in [0.1, 0.15) is 0 Å². The standard InChI is InChI=1S/C19H24N4O2S/c1-3-21-19(23-13-12-16-6-4-5-7-18(16)23)22-14-15-8-10-17(11-9-15)26(24,25)20-2/h4-11,20H,3,12-14H2,1-2H3,(H,21,22). The SMILES string of the molecule is CCNC(=NCc1ccc(S(=O)(=O)NC)cc1)N1CCc2ccccc21. The number of sulfonamides is 1. The van der Waals surface area contributed by atoms with Crippen LogP contribution in [0.25, 0.3) is 0 Å². The maximum atomic E-state index is 11.8. The first-order valence-corrected chi connectivity index (χ1v) is 10.2. The molecule has 0 amide bonds. The van der Waals surface area contributed by atoms with Gasteiger partial charge in [-0.2, -0.15) is 0 Å². The largest absolute Gasteiger partial charge is 0.356 e. The van der Waals surface area contributed by atoms with E-state index in [0.29, 0.717) is 6.54 Å². The van der Waals surface area contributed by atoms with Crippen molar-refractivity contribution in [1.29, 1.82) is 0 Å². The molecule has 0 aromatic heterocycles. The van der Waals surface area contributed by atoms with Gasteiger partial charge in [0, 0.05) is 18.8 Å². The minimum absolute atomic E-state index is 0.258. The first kappa shape index (κ1) is 18.4. The second kappa shape index (κ2) is 7.88. The van der Waals surface area contributed by atoms with Crippen LogP contribution in [-0.2, 0) is 23.0 Å². The fourth-order valence-corrected chi connectivity index (χ4v) is 3.74. The van der Waals surface area contributed by atoms with Gasteiger partial charge in [-0.3, -0.25) is 0 Å². The van der Waals surface area contributed by atoms with E-state index in [4.69, 9.17) is 4.99 Å². The number of hydrogen-bond donors (Lipinski definition) is 2. The number of anilines is 1. The highest BCUT2D eigenvalue weighted by Crippen LogP contribution is 2.27. The van der Waals surface area contributed by atoms with Crippen LogP contribution in [0.4, 0.5) is 5.69 Å². The molecule has 0 radical (unpaired) electrons. The summed E-state index contributed by atoms with van der Waals surface area (Å²) in [6.07, 6.45) is 1.01. The third kappa shape index (κ3) is 3.89. The molecule has 138 valence electrons. The van der Waals surface area contributed by atoms with Crippen LogP contribution in [0.15, 0.2) is 58.4 Å². The Morgan fingerprint density at radius 2 is 1.88 bits per heavy atom. The van der Waals surface area contributed by atoms with Crippen molar-refractivity contribution < 1.29 is 8.42 Å². The van der Waals surface area contributed by atoms with Crippen LogP contribution in [-0.4, -0.2) is 34.5 Å². The van der Waals surface area contributed by atoms with Crippen LogP contribution in [0.3, 0.4) is 0 Å². The number of guanidine groups is 1. The van der Waals surface area contributed by atoms with Crippen molar-refractivity contribution >= 4 is 21.7 Å². The quantitative estimate of drug-likeness (QED) is 0.623. The fraction of sp³-hybridized carbons (Fsp3) is 0.316. The molecule has 26 heavy (non-hydrogen) atoms. The summed E-state index contributed by atoms with van der Waals surface area (Å²) in [4.78, 5) is 7.21. The van der Waals surface area contributed by atoms with E-state index >= 15 is 0 Å². The second-order valence-electron chi connectivity index (χ2n) is 6.05. The summed E-state index contributed by atoms with van der Waals surface area (Å²) in [7, 11) is -2.00. The summed E-state index contributed by atoms with van der Waals surface area (Å²) >= 11 is 0. The highest BCUT2D eigenvalue weighted by Gasteiger charge is 2.22. The molecule has 1 aliphatic heterocycles. The molecule has 3 rings (SSSR count). The van der Waals surface area contributed by atoms with Gasteiger partial charge in [0.05, 0.1) is 11.4 Å². The van der Waals surface area contributed by atoms with Gasteiger partial charge in [-0.05, 0) is 49.7 Å². The Balaban J connectivity index is 1.79. The van der Waals surface area contributed by atoms with Crippen molar-refractivity contribution in [1.82, 2.24) is 10.0 Å². The van der Waals surface area contributed by atoms with Crippen molar-refractivity contribution in [3.8, 4) is 0 Å². The van der Waals surface area contributed by atoms with Crippen molar-refractivity contribution in [2.45, 2.75) is 24.8 Å². The minimum atomic E-state index is -3.41. The molecule has 0 saturated carbocycles. The molecule has 0 unspecified atom stereocenters. The number of benzene rings is 2. The Kier molecular flexibility index (Phi) is 5.58. The maximum Gasteiger partial charge on any atom is 0.240 e. The topological polar surface area (TPSA) is 73.8 Å². The van der Waals surface area contributed by atoms with Gasteiger partial charge < -0.3 is 10.2 Å². The molecule has 0 spiro atoms. The van der Waals surface area contributed by atoms with Crippen LogP contribution >= 0.6 is 0 Å². The van der Waals surface area contributed by atoms with E-state index in [0.717, 1.165) is 31.0 Å². The van der Waals surface area contributed by atoms with Gasteiger partial charge >= 0.3 is 0 Å². The molecule has 2 N–H and O–H groups in total. The third-order valence-corrected chi connectivity index (χ3v) is 5.82. The lowest BCUT2D eigenvalue weighted by Crippen LogP contribution is -2.40. The molecule has 0 saturated heterocycles. The van der Waals surface area contributed by atoms with Crippen LogP contribution in [0.5, 0.6) is 0 Å². The highest BCUT2D eigenvalue weighted by atomic mass is 32.2. The number of nitrogens with zero attached hydrogens (tertiary/aromatic N) is 2. The first-order chi connectivity index (χ1) is 12.5. The summed E-state index contributed by atoms with van der Waals surface area (Å²) in [6, 6.07) is 15.2. The Morgan fingerprint density at radius 1 is 1.15 bits per heavy atom. The Hall–Kier alpha value is -2.38. The van der Waals surface area contributed by atoms with Crippen LogP contribution in [0.2, 0.25) is 0 Å². The zero-order valence-electron chi connectivity index (χ0n) is 15.1. The Labute approximate surface area is 155 Å². The zero-order valence-corrected chi connectivity index (χ0v) is 15.9. The third-order valence-electron chi connectivity index (χ3n) is 4.39. The molecule has 0 aliphatic carbocycles. The maximum absolute atomic E-state index is 11.8. The molecule has 0 bridgehead atoms. The second-order valence-corrected chi connectivity index (χ2v) is 7.94. The van der Waals surface area contributed by atoms with Crippen molar-refractivity contribution in [3.63, 3.8) is 0 Å². The van der Waals surface area contributed by atoms with E-state index in [1.54, 1.807) is 24.3 Å². The summed E-state index contributed by atoms with van der Waals surface area (Å²) < 4.78 is 25.9. The molecule has 2 aromatic rings. The lowest BCUT2D eigenvalue weighted by Gasteiger charge is -2.22. The van der Waals surface area contributed by atoms with Crippen LogP contribution < -0.4 is 14.9 Å². The van der Waals surface area contributed by atoms with E-state index in [1.807, 2.05) is 6.07 Å². The average molecular weight is 372 g/mol. The van der Waals surface area contributed by atoms with Crippen molar-refractivity contribution in [2.75, 3.05) is 25.0 Å².